The molecule has 0 aliphatic carbocycles. The van der Waals surface area contributed by atoms with Crippen molar-refractivity contribution < 1.29 is 27.5 Å². The number of ether oxygens (including phenoxy) is 1. The van der Waals surface area contributed by atoms with Gasteiger partial charge in [0, 0.05) is 11.4 Å². The van der Waals surface area contributed by atoms with Gasteiger partial charge in [-0.15, -0.1) is 0 Å². The molecule has 1 N–H and O–H groups in total. The van der Waals surface area contributed by atoms with Crippen molar-refractivity contribution in [3.8, 4) is 0 Å². The lowest BCUT2D eigenvalue weighted by Crippen LogP contribution is -2.29. The zero-order valence-electron chi connectivity index (χ0n) is 15.6. The molecule has 0 radical (unpaired) electrons. The molecule has 0 heterocycles. The third kappa shape index (κ3) is 5.16. The van der Waals surface area contributed by atoms with Crippen molar-refractivity contribution in [2.45, 2.75) is 0 Å². The number of carbonyl (C=O) groups is 2. The highest BCUT2D eigenvalue weighted by Crippen LogP contribution is 2.24. The van der Waals surface area contributed by atoms with Gasteiger partial charge in [0.05, 0.1) is 5.69 Å². The monoisotopic (exact) mass is 414 g/mol. The van der Waals surface area contributed by atoms with E-state index in [0.29, 0.717) is 6.07 Å². The number of esters is 1. The molecule has 3 aromatic carbocycles. The molecule has 30 heavy (non-hydrogen) atoms. The summed E-state index contributed by atoms with van der Waals surface area (Å²) in [6, 6.07) is 19.8. The van der Waals surface area contributed by atoms with Gasteiger partial charge >= 0.3 is 5.97 Å². The summed E-state index contributed by atoms with van der Waals surface area (Å²) in [5, 5.41) is 2.04. The SMILES string of the molecule is O=C(COC(=O)CN(c1ccccc1)c1ccccc1)Nc1ccc(F)c(F)c1F. The van der Waals surface area contributed by atoms with E-state index in [1.807, 2.05) is 66.0 Å². The summed E-state index contributed by atoms with van der Waals surface area (Å²) < 4.78 is 44.8. The Balaban J connectivity index is 1.62. The molecular formula is C22H17F3N2O3. The highest BCUT2D eigenvalue weighted by Gasteiger charge is 2.18. The van der Waals surface area contributed by atoms with Gasteiger partial charge in [0.1, 0.15) is 6.54 Å². The van der Waals surface area contributed by atoms with Gasteiger partial charge in [0.15, 0.2) is 24.1 Å². The Hall–Kier alpha value is -3.81. The van der Waals surface area contributed by atoms with Crippen LogP contribution >= 0.6 is 0 Å². The van der Waals surface area contributed by atoms with E-state index in [9.17, 15) is 22.8 Å². The Labute approximate surface area is 170 Å². The quantitative estimate of drug-likeness (QED) is 0.459. The lowest BCUT2D eigenvalue weighted by Gasteiger charge is -2.24. The minimum atomic E-state index is -1.70. The second-order valence-corrected chi connectivity index (χ2v) is 6.19. The molecule has 0 aliphatic heterocycles. The summed E-state index contributed by atoms with van der Waals surface area (Å²) in [5.74, 6) is -6.21. The maximum Gasteiger partial charge on any atom is 0.326 e. The average Bonchev–Trinajstić information content (AvgIpc) is 2.77. The molecule has 5 nitrogen and oxygen atoms in total. The van der Waals surface area contributed by atoms with Crippen molar-refractivity contribution in [2.75, 3.05) is 23.4 Å². The number of nitrogens with one attached hydrogen (secondary N) is 1. The molecule has 0 atom stereocenters. The van der Waals surface area contributed by atoms with Crippen molar-refractivity contribution >= 4 is 28.9 Å². The molecular weight excluding hydrogens is 397 g/mol. The van der Waals surface area contributed by atoms with Crippen LogP contribution in [0.25, 0.3) is 0 Å². The third-order valence-corrected chi connectivity index (χ3v) is 4.10. The zero-order chi connectivity index (χ0) is 21.5. The van der Waals surface area contributed by atoms with Crippen LogP contribution in [0.2, 0.25) is 0 Å². The first-order valence-electron chi connectivity index (χ1n) is 8.92. The van der Waals surface area contributed by atoms with Crippen LogP contribution in [0.3, 0.4) is 0 Å². The van der Waals surface area contributed by atoms with Gasteiger partial charge in [-0.1, -0.05) is 36.4 Å². The minimum Gasteiger partial charge on any atom is -0.454 e. The second kappa shape index (κ2) is 9.60. The molecule has 0 bridgehead atoms. The topological polar surface area (TPSA) is 58.6 Å². The summed E-state index contributed by atoms with van der Waals surface area (Å²) in [4.78, 5) is 25.9. The lowest BCUT2D eigenvalue weighted by molar-refractivity contribution is -0.145. The number of amides is 1. The number of anilines is 3. The van der Waals surface area contributed by atoms with Crippen molar-refractivity contribution in [3.05, 3.63) is 90.2 Å². The highest BCUT2D eigenvalue weighted by molar-refractivity contribution is 5.93. The summed E-state index contributed by atoms with van der Waals surface area (Å²) in [7, 11) is 0. The predicted molar refractivity (Wildman–Crippen MR) is 106 cm³/mol. The first-order valence-corrected chi connectivity index (χ1v) is 8.92. The number of carbonyl (C=O) groups excluding carboxylic acids is 2. The second-order valence-electron chi connectivity index (χ2n) is 6.19. The predicted octanol–water partition coefficient (Wildman–Crippen LogP) is 4.42. The van der Waals surface area contributed by atoms with Crippen LogP contribution < -0.4 is 10.2 Å². The van der Waals surface area contributed by atoms with Crippen LogP contribution in [0.15, 0.2) is 72.8 Å². The van der Waals surface area contributed by atoms with E-state index in [4.69, 9.17) is 4.74 Å². The number of benzene rings is 3. The fourth-order valence-corrected chi connectivity index (χ4v) is 2.68. The van der Waals surface area contributed by atoms with Gasteiger partial charge < -0.3 is 15.0 Å². The molecule has 0 fully saturated rings. The van der Waals surface area contributed by atoms with E-state index < -0.39 is 41.6 Å². The van der Waals surface area contributed by atoms with E-state index in [2.05, 4.69) is 0 Å². The average molecular weight is 414 g/mol. The first-order chi connectivity index (χ1) is 14.5. The van der Waals surface area contributed by atoms with Crippen molar-refractivity contribution in [1.82, 2.24) is 0 Å². The largest absolute Gasteiger partial charge is 0.454 e. The summed E-state index contributed by atoms with van der Waals surface area (Å²) in [6.45, 7) is -0.893. The molecule has 154 valence electrons. The molecule has 8 heteroatoms. The molecule has 0 aromatic heterocycles. The van der Waals surface area contributed by atoms with Gasteiger partial charge in [-0.25, -0.2) is 13.2 Å². The van der Waals surface area contributed by atoms with Crippen LogP contribution in [-0.4, -0.2) is 25.0 Å². The molecule has 0 saturated heterocycles. The van der Waals surface area contributed by atoms with Crippen LogP contribution in [0.5, 0.6) is 0 Å². The summed E-state index contributed by atoms with van der Waals surface area (Å²) in [5.41, 5.74) is 0.938. The normalized spacial score (nSPS) is 10.4. The van der Waals surface area contributed by atoms with Gasteiger partial charge in [-0.2, -0.15) is 0 Å². The molecule has 0 aliphatic rings. The fraction of sp³-hybridized carbons (Fsp3) is 0.0909. The molecule has 0 saturated carbocycles. The van der Waals surface area contributed by atoms with Crippen LogP contribution in [0.4, 0.5) is 30.2 Å². The molecule has 1 amide bonds. The molecule has 3 aromatic rings. The van der Waals surface area contributed by atoms with Crippen molar-refractivity contribution in [2.24, 2.45) is 0 Å². The molecule has 3 rings (SSSR count). The van der Waals surface area contributed by atoms with E-state index in [1.165, 1.54) is 0 Å². The lowest BCUT2D eigenvalue weighted by atomic mass is 10.2. The van der Waals surface area contributed by atoms with E-state index in [1.54, 1.807) is 4.90 Å². The van der Waals surface area contributed by atoms with Gasteiger partial charge in [-0.05, 0) is 36.4 Å². The van der Waals surface area contributed by atoms with Crippen molar-refractivity contribution in [3.63, 3.8) is 0 Å². The number of hydrogen-bond donors (Lipinski definition) is 1. The Kier molecular flexibility index (Phi) is 6.69. The number of nitrogens with zero attached hydrogens (tertiary/aromatic N) is 1. The van der Waals surface area contributed by atoms with E-state index in [0.717, 1.165) is 17.4 Å². The van der Waals surface area contributed by atoms with Crippen molar-refractivity contribution in [1.29, 1.82) is 0 Å². The van der Waals surface area contributed by atoms with Crippen LogP contribution in [0, 0.1) is 17.5 Å². The number of rotatable bonds is 7. The maximum absolute atomic E-state index is 13.6. The minimum absolute atomic E-state index is 0.180. The van der Waals surface area contributed by atoms with Crippen LogP contribution in [-0.2, 0) is 14.3 Å². The maximum atomic E-state index is 13.6. The highest BCUT2D eigenvalue weighted by atomic mass is 19.2. The number of para-hydroxylation sites is 2. The summed E-state index contributed by atoms with van der Waals surface area (Å²) >= 11 is 0. The summed E-state index contributed by atoms with van der Waals surface area (Å²) in [6.07, 6.45) is 0. The Morgan fingerprint density at radius 3 is 1.93 bits per heavy atom. The van der Waals surface area contributed by atoms with Crippen LogP contribution in [0.1, 0.15) is 0 Å². The third-order valence-electron chi connectivity index (χ3n) is 4.10. The Bertz CT molecular complexity index is 991. The van der Waals surface area contributed by atoms with Gasteiger partial charge in [0.25, 0.3) is 5.91 Å². The van der Waals surface area contributed by atoms with Gasteiger partial charge in [-0.3, -0.25) is 9.59 Å². The molecule has 0 spiro atoms. The fourth-order valence-electron chi connectivity index (χ4n) is 2.68. The smallest absolute Gasteiger partial charge is 0.326 e. The number of hydrogen-bond acceptors (Lipinski definition) is 4. The van der Waals surface area contributed by atoms with E-state index >= 15 is 0 Å². The van der Waals surface area contributed by atoms with E-state index in [-0.39, 0.29) is 6.54 Å². The molecule has 0 unspecified atom stereocenters. The Morgan fingerprint density at radius 2 is 1.37 bits per heavy atom. The van der Waals surface area contributed by atoms with Gasteiger partial charge in [0.2, 0.25) is 0 Å². The first kappa shape index (κ1) is 20.9. The number of halogens is 3. The zero-order valence-corrected chi connectivity index (χ0v) is 15.6. The Morgan fingerprint density at radius 1 is 0.800 bits per heavy atom. The standard InChI is InChI=1S/C22H17F3N2O3/c23-17-11-12-18(22(25)21(17)24)26-19(28)14-30-20(29)13-27(15-7-3-1-4-8-15)16-9-5-2-6-10-16/h1-12H,13-14H2,(H,26,28).